The van der Waals surface area contributed by atoms with Gasteiger partial charge in [-0.15, -0.1) is 11.3 Å². The normalized spacial score (nSPS) is 10.6. The van der Waals surface area contributed by atoms with Gasteiger partial charge in [-0.1, -0.05) is 11.6 Å². The highest BCUT2D eigenvalue weighted by Crippen LogP contribution is 2.26. The van der Waals surface area contributed by atoms with Crippen LogP contribution < -0.4 is 0 Å². The molecular formula is C11H10ClNOS. The molecule has 2 nitrogen and oxygen atoms in total. The van der Waals surface area contributed by atoms with Crippen LogP contribution in [0.1, 0.15) is 26.5 Å². The van der Waals surface area contributed by atoms with Gasteiger partial charge in [-0.25, -0.2) is 0 Å². The van der Waals surface area contributed by atoms with Crippen LogP contribution in [0.15, 0.2) is 17.6 Å². The standard InChI is InChI=1S/C11H10ClNOS/c1-6-5-13-9(7(6)2)10(14)11-8(12)3-4-15-11/h3-5,13H,1-2H3. The van der Waals surface area contributed by atoms with Crippen LogP contribution in [0.4, 0.5) is 0 Å². The molecule has 0 aliphatic carbocycles. The van der Waals surface area contributed by atoms with E-state index in [1.807, 2.05) is 25.4 Å². The van der Waals surface area contributed by atoms with Gasteiger partial charge < -0.3 is 4.98 Å². The van der Waals surface area contributed by atoms with E-state index in [1.165, 1.54) is 11.3 Å². The summed E-state index contributed by atoms with van der Waals surface area (Å²) < 4.78 is 0. The lowest BCUT2D eigenvalue weighted by atomic mass is 10.1. The molecule has 0 aliphatic heterocycles. The fourth-order valence-electron chi connectivity index (χ4n) is 1.40. The average molecular weight is 240 g/mol. The van der Waals surface area contributed by atoms with Crippen LogP contribution >= 0.6 is 22.9 Å². The van der Waals surface area contributed by atoms with Gasteiger partial charge in [0, 0.05) is 6.20 Å². The lowest BCUT2D eigenvalue weighted by Crippen LogP contribution is -2.01. The number of H-pyrrole nitrogens is 1. The predicted molar refractivity (Wildman–Crippen MR) is 63.0 cm³/mol. The highest BCUT2D eigenvalue weighted by atomic mass is 35.5. The molecule has 0 saturated carbocycles. The van der Waals surface area contributed by atoms with Crippen molar-refractivity contribution in [1.29, 1.82) is 0 Å². The summed E-state index contributed by atoms with van der Waals surface area (Å²) in [6, 6.07) is 1.74. The van der Waals surface area contributed by atoms with Crippen molar-refractivity contribution in [1.82, 2.24) is 4.98 Å². The summed E-state index contributed by atoms with van der Waals surface area (Å²) in [4.78, 5) is 15.6. The third-order valence-electron chi connectivity index (χ3n) is 2.45. The molecule has 0 spiro atoms. The van der Waals surface area contributed by atoms with Crippen molar-refractivity contribution in [3.05, 3.63) is 44.4 Å². The Hall–Kier alpha value is -1.06. The molecule has 0 amide bonds. The zero-order valence-corrected chi connectivity index (χ0v) is 10.00. The number of ketones is 1. The number of aromatic nitrogens is 1. The van der Waals surface area contributed by atoms with Crippen LogP contribution in [0.5, 0.6) is 0 Å². The van der Waals surface area contributed by atoms with E-state index in [0.717, 1.165) is 11.1 Å². The number of hydrogen-bond acceptors (Lipinski definition) is 2. The Kier molecular flexibility index (Phi) is 2.67. The van der Waals surface area contributed by atoms with Gasteiger partial charge in [0.25, 0.3) is 0 Å². The van der Waals surface area contributed by atoms with Gasteiger partial charge in [-0.3, -0.25) is 4.79 Å². The number of nitrogens with one attached hydrogen (secondary N) is 1. The second kappa shape index (κ2) is 3.83. The Balaban J connectivity index is 2.46. The van der Waals surface area contributed by atoms with Gasteiger partial charge in [0.15, 0.2) is 0 Å². The molecule has 1 N–H and O–H groups in total. The monoisotopic (exact) mass is 239 g/mol. The van der Waals surface area contributed by atoms with Crippen molar-refractivity contribution in [3.63, 3.8) is 0 Å². The zero-order chi connectivity index (χ0) is 11.0. The lowest BCUT2D eigenvalue weighted by Gasteiger charge is -1.98. The molecule has 2 rings (SSSR count). The summed E-state index contributed by atoms with van der Waals surface area (Å²) in [7, 11) is 0. The second-order valence-electron chi connectivity index (χ2n) is 3.40. The molecule has 0 aliphatic rings. The second-order valence-corrected chi connectivity index (χ2v) is 4.72. The van der Waals surface area contributed by atoms with Crippen molar-refractivity contribution in [2.45, 2.75) is 13.8 Å². The number of carbonyl (C=O) groups excluding carboxylic acids is 1. The lowest BCUT2D eigenvalue weighted by molar-refractivity contribution is 0.103. The maximum atomic E-state index is 12.1. The van der Waals surface area contributed by atoms with E-state index in [-0.39, 0.29) is 5.78 Å². The first-order chi connectivity index (χ1) is 7.11. The predicted octanol–water partition coefficient (Wildman–Crippen LogP) is 3.58. The minimum absolute atomic E-state index is 0.0272. The molecule has 0 bridgehead atoms. The zero-order valence-electron chi connectivity index (χ0n) is 8.43. The van der Waals surface area contributed by atoms with Gasteiger partial charge >= 0.3 is 0 Å². The average Bonchev–Trinajstić information content (AvgIpc) is 2.75. The molecule has 15 heavy (non-hydrogen) atoms. The van der Waals surface area contributed by atoms with Crippen LogP contribution in [0.3, 0.4) is 0 Å². The van der Waals surface area contributed by atoms with Crippen LogP contribution in [0, 0.1) is 13.8 Å². The fourth-order valence-corrected chi connectivity index (χ4v) is 2.49. The summed E-state index contributed by atoms with van der Waals surface area (Å²) in [5.74, 6) is -0.0272. The molecule has 0 fully saturated rings. The smallest absolute Gasteiger partial charge is 0.220 e. The summed E-state index contributed by atoms with van der Waals surface area (Å²) >= 11 is 7.29. The number of rotatable bonds is 2. The highest BCUT2D eigenvalue weighted by molar-refractivity contribution is 7.13. The maximum Gasteiger partial charge on any atom is 0.220 e. The molecular weight excluding hydrogens is 230 g/mol. The first kappa shape index (κ1) is 10.5. The van der Waals surface area contributed by atoms with E-state index in [4.69, 9.17) is 11.6 Å². The third-order valence-corrected chi connectivity index (χ3v) is 3.79. The van der Waals surface area contributed by atoms with Gasteiger partial charge in [0.05, 0.1) is 15.6 Å². The first-order valence-corrected chi connectivity index (χ1v) is 5.79. The van der Waals surface area contributed by atoms with Gasteiger partial charge in [-0.2, -0.15) is 0 Å². The van der Waals surface area contributed by atoms with Crippen molar-refractivity contribution >= 4 is 28.7 Å². The third kappa shape index (κ3) is 1.73. The van der Waals surface area contributed by atoms with Crippen molar-refractivity contribution in [2.75, 3.05) is 0 Å². The van der Waals surface area contributed by atoms with E-state index in [2.05, 4.69) is 4.98 Å². The minimum Gasteiger partial charge on any atom is -0.358 e. The number of thiophene rings is 1. The number of aryl methyl sites for hydroxylation is 1. The van der Waals surface area contributed by atoms with E-state index < -0.39 is 0 Å². The van der Waals surface area contributed by atoms with Crippen molar-refractivity contribution in [3.8, 4) is 0 Å². The van der Waals surface area contributed by atoms with Crippen molar-refractivity contribution < 1.29 is 4.79 Å². The molecule has 0 unspecified atom stereocenters. The fraction of sp³-hybridized carbons (Fsp3) is 0.182. The summed E-state index contributed by atoms with van der Waals surface area (Å²) in [6.45, 7) is 3.90. The maximum absolute atomic E-state index is 12.1. The Morgan fingerprint density at radius 3 is 2.67 bits per heavy atom. The molecule has 4 heteroatoms. The van der Waals surface area contributed by atoms with E-state index >= 15 is 0 Å². The van der Waals surface area contributed by atoms with Crippen LogP contribution in [0.25, 0.3) is 0 Å². The molecule has 0 aromatic carbocycles. The van der Waals surface area contributed by atoms with Crippen LogP contribution in [-0.4, -0.2) is 10.8 Å². The Morgan fingerprint density at radius 1 is 1.47 bits per heavy atom. The molecule has 0 radical (unpaired) electrons. The van der Waals surface area contributed by atoms with Crippen LogP contribution in [-0.2, 0) is 0 Å². The number of aromatic amines is 1. The largest absolute Gasteiger partial charge is 0.358 e. The summed E-state index contributed by atoms with van der Waals surface area (Å²) in [6.07, 6.45) is 1.84. The first-order valence-electron chi connectivity index (χ1n) is 4.53. The summed E-state index contributed by atoms with van der Waals surface area (Å²) in [5, 5.41) is 2.34. The molecule has 78 valence electrons. The molecule has 0 atom stereocenters. The Labute approximate surface area is 96.9 Å². The van der Waals surface area contributed by atoms with Gasteiger partial charge in [-0.05, 0) is 36.4 Å². The van der Waals surface area contributed by atoms with E-state index in [1.54, 1.807) is 6.07 Å². The van der Waals surface area contributed by atoms with Crippen LogP contribution in [0.2, 0.25) is 5.02 Å². The molecule has 0 saturated heterocycles. The van der Waals surface area contributed by atoms with E-state index in [9.17, 15) is 4.79 Å². The van der Waals surface area contributed by atoms with Gasteiger partial charge in [0.2, 0.25) is 5.78 Å². The topological polar surface area (TPSA) is 32.9 Å². The number of hydrogen-bond donors (Lipinski definition) is 1. The molecule has 2 aromatic heterocycles. The SMILES string of the molecule is Cc1c[nH]c(C(=O)c2sccc2Cl)c1C. The number of halogens is 1. The molecule has 2 heterocycles. The highest BCUT2D eigenvalue weighted by Gasteiger charge is 2.18. The van der Waals surface area contributed by atoms with Gasteiger partial charge in [0.1, 0.15) is 0 Å². The molecule has 2 aromatic rings. The van der Waals surface area contributed by atoms with E-state index in [0.29, 0.717) is 15.6 Å². The Bertz CT molecular complexity index is 512. The quantitative estimate of drug-likeness (QED) is 0.799. The summed E-state index contributed by atoms with van der Waals surface area (Å²) in [5.41, 5.74) is 2.72. The Morgan fingerprint density at radius 2 is 2.20 bits per heavy atom. The minimum atomic E-state index is -0.0272. The number of carbonyl (C=O) groups is 1. The van der Waals surface area contributed by atoms with Crippen molar-refractivity contribution in [2.24, 2.45) is 0 Å².